The van der Waals surface area contributed by atoms with Crippen molar-refractivity contribution < 1.29 is 14.7 Å². The summed E-state index contributed by atoms with van der Waals surface area (Å²) in [6, 6.07) is -0.411. The molecule has 1 aliphatic heterocycles. The van der Waals surface area contributed by atoms with Crippen LogP contribution in [0.25, 0.3) is 0 Å². The number of carbonyl (C=O) groups is 2. The lowest BCUT2D eigenvalue weighted by atomic mass is 10.2. The molecule has 0 aromatic heterocycles. The van der Waals surface area contributed by atoms with Crippen LogP contribution in [0.5, 0.6) is 0 Å². The van der Waals surface area contributed by atoms with Crippen molar-refractivity contribution in [2.45, 2.75) is 31.9 Å². The van der Waals surface area contributed by atoms with E-state index in [9.17, 15) is 9.59 Å². The summed E-state index contributed by atoms with van der Waals surface area (Å²) in [4.78, 5) is 22.0. The highest BCUT2D eigenvalue weighted by molar-refractivity contribution is 5.90. The molecule has 0 bridgehead atoms. The van der Waals surface area contributed by atoms with Gasteiger partial charge in [-0.2, -0.15) is 0 Å². The molecule has 74 valence electrons. The average molecular weight is 186 g/mol. The molecule has 1 fully saturated rings. The van der Waals surface area contributed by atoms with Gasteiger partial charge >= 0.3 is 0 Å². The summed E-state index contributed by atoms with van der Waals surface area (Å²) in [6.45, 7) is 1.82. The first kappa shape index (κ1) is 9.98. The zero-order valence-electron chi connectivity index (χ0n) is 7.54. The Bertz CT molecular complexity index is 215. The quantitative estimate of drug-likeness (QED) is 0.516. The van der Waals surface area contributed by atoms with Gasteiger partial charge in [-0.15, -0.1) is 0 Å². The molecule has 1 aliphatic rings. The Morgan fingerprint density at radius 3 is 3.00 bits per heavy atom. The van der Waals surface area contributed by atoms with E-state index >= 15 is 0 Å². The number of amides is 2. The highest BCUT2D eigenvalue weighted by Crippen LogP contribution is 2.05. The van der Waals surface area contributed by atoms with Gasteiger partial charge in [-0.05, 0) is 13.3 Å². The van der Waals surface area contributed by atoms with E-state index in [2.05, 4.69) is 10.6 Å². The second-order valence-corrected chi connectivity index (χ2v) is 3.25. The minimum absolute atomic E-state index is 0.0859. The number of hydrogen-bond acceptors (Lipinski definition) is 3. The lowest BCUT2D eigenvalue weighted by Crippen LogP contribution is -2.43. The highest BCUT2D eigenvalue weighted by atomic mass is 16.3. The van der Waals surface area contributed by atoms with Crippen LogP contribution < -0.4 is 10.6 Å². The van der Waals surface area contributed by atoms with Gasteiger partial charge in [0.25, 0.3) is 0 Å². The van der Waals surface area contributed by atoms with Crippen LogP contribution in [0.3, 0.4) is 0 Å². The smallest absolute Gasteiger partial charge is 0.242 e. The van der Waals surface area contributed by atoms with Gasteiger partial charge in [0.05, 0.1) is 6.10 Å². The van der Waals surface area contributed by atoms with Crippen molar-refractivity contribution in [2.75, 3.05) is 6.54 Å². The highest BCUT2D eigenvalue weighted by Gasteiger charge is 2.26. The van der Waals surface area contributed by atoms with E-state index in [0.717, 1.165) is 0 Å². The van der Waals surface area contributed by atoms with Crippen LogP contribution in [0.1, 0.15) is 19.8 Å². The predicted molar refractivity (Wildman–Crippen MR) is 45.9 cm³/mol. The largest absolute Gasteiger partial charge is 0.392 e. The summed E-state index contributed by atoms with van der Waals surface area (Å²) in [6.07, 6.45) is 0.401. The Labute approximate surface area is 76.5 Å². The molecule has 1 heterocycles. The van der Waals surface area contributed by atoms with Crippen molar-refractivity contribution in [2.24, 2.45) is 0 Å². The zero-order valence-corrected chi connectivity index (χ0v) is 7.54. The van der Waals surface area contributed by atoms with Gasteiger partial charge in [0.1, 0.15) is 6.04 Å². The molecule has 2 atom stereocenters. The van der Waals surface area contributed by atoms with E-state index in [4.69, 9.17) is 5.11 Å². The van der Waals surface area contributed by atoms with Gasteiger partial charge in [0, 0.05) is 13.0 Å². The number of aliphatic hydroxyl groups excluding tert-OH is 1. The van der Waals surface area contributed by atoms with Gasteiger partial charge in [0.15, 0.2) is 0 Å². The van der Waals surface area contributed by atoms with E-state index in [0.29, 0.717) is 12.8 Å². The van der Waals surface area contributed by atoms with Gasteiger partial charge in [-0.25, -0.2) is 0 Å². The average Bonchev–Trinajstić information content (AvgIpc) is 2.47. The van der Waals surface area contributed by atoms with Crippen LogP contribution in [0.2, 0.25) is 0 Å². The standard InChI is InChI=1S/C8H14N2O3/c1-5(11)4-9-8(13)6-2-3-7(12)10-6/h5-6,11H,2-4H2,1H3,(H,9,13)(H,10,12)/t5-,6-/m1/s1. The SMILES string of the molecule is C[C@@H](O)CNC(=O)[C@H]1CCC(=O)N1. The molecule has 0 unspecified atom stereocenters. The first-order valence-electron chi connectivity index (χ1n) is 4.34. The first-order chi connectivity index (χ1) is 6.09. The predicted octanol–water partition coefficient (Wildman–Crippen LogP) is -1.24. The fraction of sp³-hybridized carbons (Fsp3) is 0.750. The molecule has 1 rings (SSSR count). The third kappa shape index (κ3) is 3.02. The van der Waals surface area contributed by atoms with E-state index in [-0.39, 0.29) is 18.4 Å². The van der Waals surface area contributed by atoms with E-state index < -0.39 is 12.1 Å². The monoisotopic (exact) mass is 186 g/mol. The van der Waals surface area contributed by atoms with Gasteiger partial charge in [-0.1, -0.05) is 0 Å². The Kier molecular flexibility index (Phi) is 3.25. The third-order valence-corrected chi connectivity index (χ3v) is 1.88. The van der Waals surface area contributed by atoms with E-state index in [1.165, 1.54) is 0 Å². The molecule has 0 saturated carbocycles. The van der Waals surface area contributed by atoms with Crippen molar-refractivity contribution in [1.82, 2.24) is 10.6 Å². The van der Waals surface area contributed by atoms with E-state index in [1.54, 1.807) is 6.92 Å². The summed E-state index contributed by atoms with van der Waals surface area (Å²) < 4.78 is 0. The molecule has 5 heteroatoms. The molecule has 5 nitrogen and oxygen atoms in total. The maximum absolute atomic E-state index is 11.3. The van der Waals surface area contributed by atoms with Gasteiger partial charge < -0.3 is 15.7 Å². The number of rotatable bonds is 3. The van der Waals surface area contributed by atoms with E-state index in [1.807, 2.05) is 0 Å². The topological polar surface area (TPSA) is 78.4 Å². The van der Waals surface area contributed by atoms with Crippen LogP contribution in [-0.4, -0.2) is 35.6 Å². The second kappa shape index (κ2) is 4.23. The molecule has 13 heavy (non-hydrogen) atoms. The minimum atomic E-state index is -0.555. The molecule has 2 amide bonds. The van der Waals surface area contributed by atoms with Crippen molar-refractivity contribution in [3.63, 3.8) is 0 Å². The summed E-state index contributed by atoms with van der Waals surface area (Å²) >= 11 is 0. The molecule has 0 aromatic carbocycles. The molecule has 1 saturated heterocycles. The number of carbonyl (C=O) groups excluding carboxylic acids is 2. The van der Waals surface area contributed by atoms with Crippen molar-refractivity contribution in [3.8, 4) is 0 Å². The van der Waals surface area contributed by atoms with Crippen LogP contribution in [0.15, 0.2) is 0 Å². The lowest BCUT2D eigenvalue weighted by molar-refractivity contribution is -0.126. The third-order valence-electron chi connectivity index (χ3n) is 1.88. The molecular weight excluding hydrogens is 172 g/mol. The molecule has 0 aromatic rings. The maximum atomic E-state index is 11.3. The molecule has 0 radical (unpaired) electrons. The molecular formula is C8H14N2O3. The summed E-state index contributed by atoms with van der Waals surface area (Å²) in [5.41, 5.74) is 0. The Morgan fingerprint density at radius 1 is 1.85 bits per heavy atom. The number of nitrogens with one attached hydrogen (secondary N) is 2. The van der Waals surface area contributed by atoms with Crippen LogP contribution >= 0.6 is 0 Å². The normalized spacial score (nSPS) is 23.8. The Hall–Kier alpha value is -1.10. The first-order valence-corrected chi connectivity index (χ1v) is 4.34. The van der Waals surface area contributed by atoms with Crippen molar-refractivity contribution >= 4 is 11.8 Å². The van der Waals surface area contributed by atoms with Crippen molar-refractivity contribution in [3.05, 3.63) is 0 Å². The number of hydrogen-bond donors (Lipinski definition) is 3. The van der Waals surface area contributed by atoms with Crippen LogP contribution in [0.4, 0.5) is 0 Å². The summed E-state index contributed by atoms with van der Waals surface area (Å²) in [5, 5.41) is 14.0. The fourth-order valence-electron chi connectivity index (χ4n) is 1.18. The van der Waals surface area contributed by atoms with Crippen LogP contribution in [0, 0.1) is 0 Å². The summed E-state index contributed by atoms with van der Waals surface area (Å²) in [7, 11) is 0. The van der Waals surface area contributed by atoms with Crippen LogP contribution in [-0.2, 0) is 9.59 Å². The Morgan fingerprint density at radius 2 is 2.54 bits per heavy atom. The molecule has 0 aliphatic carbocycles. The maximum Gasteiger partial charge on any atom is 0.242 e. The molecule has 0 spiro atoms. The molecule has 3 N–H and O–H groups in total. The van der Waals surface area contributed by atoms with Crippen molar-refractivity contribution in [1.29, 1.82) is 0 Å². The van der Waals surface area contributed by atoms with Gasteiger partial charge in [0.2, 0.25) is 11.8 Å². The fourth-order valence-corrected chi connectivity index (χ4v) is 1.18. The zero-order chi connectivity index (χ0) is 9.84. The Balaban J connectivity index is 2.27. The summed E-state index contributed by atoms with van der Waals surface area (Å²) in [5.74, 6) is -0.302. The second-order valence-electron chi connectivity index (χ2n) is 3.25. The minimum Gasteiger partial charge on any atom is -0.392 e. The van der Waals surface area contributed by atoms with Gasteiger partial charge in [-0.3, -0.25) is 9.59 Å². The lowest BCUT2D eigenvalue weighted by Gasteiger charge is -2.11. The number of aliphatic hydroxyl groups is 1.